The van der Waals surface area contributed by atoms with Gasteiger partial charge in [0.15, 0.2) is 0 Å². The Kier molecular flexibility index (Phi) is 2.36. The monoisotopic (exact) mass is 365 g/mol. The van der Waals surface area contributed by atoms with Crippen molar-refractivity contribution in [1.82, 2.24) is 4.90 Å². The number of fused-ring (bicyclic) bond motifs is 2. The number of rotatable bonds is 1. The average Bonchev–Trinajstić information content (AvgIpc) is 3.20. The van der Waals surface area contributed by atoms with Crippen molar-refractivity contribution in [3.8, 4) is 0 Å². The van der Waals surface area contributed by atoms with Crippen LogP contribution in [-0.4, -0.2) is 47.0 Å². The molecule has 6 atom stereocenters. The number of carbonyl (C=O) groups is 1. The van der Waals surface area contributed by atoms with Crippen LogP contribution in [0.5, 0.6) is 0 Å². The topological polar surface area (TPSA) is 75.9 Å². The molecule has 0 N–H and O–H groups in total. The van der Waals surface area contributed by atoms with Gasteiger partial charge in [-0.25, -0.2) is 0 Å². The molecule has 6 aliphatic rings. The van der Waals surface area contributed by atoms with Gasteiger partial charge in [0.2, 0.25) is 5.91 Å². The molecule has 5 aliphatic heterocycles. The highest BCUT2D eigenvalue weighted by molar-refractivity contribution is 5.99. The van der Waals surface area contributed by atoms with E-state index in [9.17, 15) is 14.9 Å². The number of amides is 1. The van der Waals surface area contributed by atoms with Crippen molar-refractivity contribution >= 4 is 17.3 Å². The summed E-state index contributed by atoms with van der Waals surface area (Å²) < 4.78 is 6.08. The second-order valence-electron chi connectivity index (χ2n) is 8.93. The molecule has 1 aromatic carbocycles. The van der Waals surface area contributed by atoms with Crippen LogP contribution in [0.2, 0.25) is 0 Å². The van der Waals surface area contributed by atoms with Gasteiger partial charge in [-0.3, -0.25) is 19.8 Å². The Morgan fingerprint density at radius 2 is 2.22 bits per heavy atom. The molecular formula is C20H19N3O4. The molecule has 5 heterocycles. The van der Waals surface area contributed by atoms with E-state index in [1.165, 1.54) is 5.57 Å². The van der Waals surface area contributed by atoms with Crippen molar-refractivity contribution in [3.63, 3.8) is 0 Å². The zero-order chi connectivity index (χ0) is 18.1. The predicted molar refractivity (Wildman–Crippen MR) is 95.2 cm³/mol. The maximum Gasteiger partial charge on any atom is 0.269 e. The van der Waals surface area contributed by atoms with E-state index in [-0.39, 0.29) is 34.1 Å². The normalized spacial score (nSPS) is 42.5. The van der Waals surface area contributed by atoms with Crippen molar-refractivity contribution in [2.24, 2.45) is 11.8 Å². The van der Waals surface area contributed by atoms with Gasteiger partial charge in [-0.05, 0) is 42.5 Å². The maximum atomic E-state index is 13.1. The summed E-state index contributed by atoms with van der Waals surface area (Å²) in [5, 5.41) is 11.5. The molecule has 3 saturated heterocycles. The fourth-order valence-electron chi connectivity index (χ4n) is 7.42. The predicted octanol–water partition coefficient (Wildman–Crippen LogP) is 1.96. The van der Waals surface area contributed by atoms with Crippen LogP contribution < -0.4 is 4.90 Å². The van der Waals surface area contributed by atoms with Gasteiger partial charge >= 0.3 is 0 Å². The van der Waals surface area contributed by atoms with Crippen LogP contribution in [0.25, 0.3) is 0 Å². The molecule has 6 unspecified atom stereocenters. The van der Waals surface area contributed by atoms with E-state index in [4.69, 9.17) is 4.74 Å². The van der Waals surface area contributed by atoms with Crippen molar-refractivity contribution in [3.05, 3.63) is 45.7 Å². The average molecular weight is 365 g/mol. The second kappa shape index (κ2) is 4.35. The molecule has 1 saturated carbocycles. The molecule has 138 valence electrons. The third-order valence-corrected chi connectivity index (χ3v) is 8.24. The number of hydrogen-bond donors (Lipinski definition) is 0. The van der Waals surface area contributed by atoms with Crippen LogP contribution in [0.15, 0.2) is 30.0 Å². The van der Waals surface area contributed by atoms with Crippen LogP contribution in [0.4, 0.5) is 11.4 Å². The molecule has 7 rings (SSSR count). The smallest absolute Gasteiger partial charge is 0.269 e. The molecule has 27 heavy (non-hydrogen) atoms. The Morgan fingerprint density at radius 1 is 1.33 bits per heavy atom. The molecule has 1 amide bonds. The lowest BCUT2D eigenvalue weighted by Crippen LogP contribution is -2.70. The third-order valence-electron chi connectivity index (χ3n) is 8.24. The summed E-state index contributed by atoms with van der Waals surface area (Å²) in [6.07, 6.45) is 4.33. The van der Waals surface area contributed by atoms with E-state index < -0.39 is 0 Å². The van der Waals surface area contributed by atoms with Crippen molar-refractivity contribution < 1.29 is 14.5 Å². The lowest BCUT2D eigenvalue weighted by atomic mass is 9.53. The summed E-state index contributed by atoms with van der Waals surface area (Å²) in [5.74, 6) is 0.871. The van der Waals surface area contributed by atoms with Crippen molar-refractivity contribution in [2.45, 2.75) is 42.9 Å². The number of carbonyl (C=O) groups excluding carboxylic acids is 1. The van der Waals surface area contributed by atoms with Crippen molar-refractivity contribution in [2.75, 3.05) is 18.0 Å². The number of anilines is 1. The van der Waals surface area contributed by atoms with Gasteiger partial charge in [-0.15, -0.1) is 0 Å². The first-order valence-electron chi connectivity index (χ1n) is 9.79. The maximum absolute atomic E-state index is 13.1. The third kappa shape index (κ3) is 1.43. The Hall–Kier alpha value is -2.41. The van der Waals surface area contributed by atoms with E-state index >= 15 is 0 Å². The largest absolute Gasteiger partial charge is 0.497 e. The molecule has 0 aromatic heterocycles. The van der Waals surface area contributed by atoms with Crippen LogP contribution in [0.3, 0.4) is 0 Å². The number of benzene rings is 1. The zero-order valence-electron chi connectivity index (χ0n) is 14.7. The van der Waals surface area contributed by atoms with Crippen LogP contribution >= 0.6 is 0 Å². The zero-order valence-corrected chi connectivity index (χ0v) is 14.7. The Morgan fingerprint density at radius 3 is 3.07 bits per heavy atom. The SMILES string of the molecule is O=C1CC2OC=C3CN4CCC56c7cc([N+](=O)[O-])ccc7N1C5C2C3CC46. The van der Waals surface area contributed by atoms with Crippen LogP contribution in [-0.2, 0) is 14.9 Å². The number of nitro groups is 1. The standard InChI is InChI=1S/C20H19N3O4/c24-17-7-15-18-12-6-16-20(3-4-21(16)8-10(12)9-27-15)13-5-11(23(25)26)1-2-14(13)22(17)19(18)20/h1-2,5,9,12,15-16,18-19H,3-4,6-8H2. The van der Waals surface area contributed by atoms with Crippen LogP contribution in [0.1, 0.15) is 24.8 Å². The highest BCUT2D eigenvalue weighted by Gasteiger charge is 2.71. The number of piperidine rings is 2. The fourth-order valence-corrected chi connectivity index (χ4v) is 7.42. The molecule has 0 radical (unpaired) electrons. The highest BCUT2D eigenvalue weighted by Crippen LogP contribution is 2.66. The van der Waals surface area contributed by atoms with E-state index in [1.54, 1.807) is 12.1 Å². The first-order chi connectivity index (χ1) is 13.1. The lowest BCUT2D eigenvalue weighted by molar-refractivity contribution is -0.384. The number of hydrogen-bond acceptors (Lipinski definition) is 5. The van der Waals surface area contributed by atoms with Gasteiger partial charge in [-0.1, -0.05) is 0 Å². The first-order valence-corrected chi connectivity index (χ1v) is 9.79. The van der Waals surface area contributed by atoms with Gasteiger partial charge in [0, 0.05) is 41.7 Å². The van der Waals surface area contributed by atoms with Gasteiger partial charge in [0.25, 0.3) is 5.69 Å². The Balaban J connectivity index is 1.54. The number of ether oxygens (including phenoxy) is 1. The number of nitro benzene ring substituents is 1. The molecular weight excluding hydrogens is 346 g/mol. The Bertz CT molecular complexity index is 974. The summed E-state index contributed by atoms with van der Waals surface area (Å²) in [6, 6.07) is 5.55. The quantitative estimate of drug-likeness (QED) is 0.562. The summed E-state index contributed by atoms with van der Waals surface area (Å²) in [4.78, 5) is 28.8. The summed E-state index contributed by atoms with van der Waals surface area (Å²) in [6.45, 7) is 1.91. The highest BCUT2D eigenvalue weighted by atomic mass is 16.6. The van der Waals surface area contributed by atoms with Gasteiger partial charge in [-0.2, -0.15) is 0 Å². The molecule has 1 spiro atoms. The van der Waals surface area contributed by atoms with Crippen LogP contribution in [0, 0.1) is 22.0 Å². The number of nitrogens with zero attached hydrogens (tertiary/aromatic N) is 3. The fraction of sp³-hybridized carbons (Fsp3) is 0.550. The molecule has 1 aromatic rings. The van der Waals surface area contributed by atoms with Gasteiger partial charge < -0.3 is 9.64 Å². The Labute approximate surface area is 155 Å². The van der Waals surface area contributed by atoms with Gasteiger partial charge in [0.05, 0.1) is 23.6 Å². The molecule has 7 nitrogen and oxygen atoms in total. The summed E-state index contributed by atoms with van der Waals surface area (Å²) in [5.41, 5.74) is 3.24. The molecule has 2 bridgehead atoms. The van der Waals surface area contributed by atoms with Crippen molar-refractivity contribution in [1.29, 1.82) is 0 Å². The van der Waals surface area contributed by atoms with E-state index in [0.29, 0.717) is 24.3 Å². The molecule has 7 heteroatoms. The van der Waals surface area contributed by atoms with E-state index in [0.717, 1.165) is 37.2 Å². The van der Waals surface area contributed by atoms with E-state index in [2.05, 4.69) is 4.90 Å². The summed E-state index contributed by atoms with van der Waals surface area (Å²) in [7, 11) is 0. The molecule has 4 fully saturated rings. The summed E-state index contributed by atoms with van der Waals surface area (Å²) >= 11 is 0. The minimum absolute atomic E-state index is 0.0539. The second-order valence-corrected chi connectivity index (χ2v) is 8.93. The van der Waals surface area contributed by atoms with Gasteiger partial charge in [0.1, 0.15) is 6.10 Å². The number of non-ortho nitro benzene ring substituents is 1. The minimum Gasteiger partial charge on any atom is -0.497 e. The lowest BCUT2D eigenvalue weighted by Gasteiger charge is -2.60. The molecule has 1 aliphatic carbocycles. The van der Waals surface area contributed by atoms with E-state index in [1.807, 2.05) is 17.2 Å². The first kappa shape index (κ1) is 14.6. The minimum atomic E-state index is -0.317.